The lowest BCUT2D eigenvalue weighted by Gasteiger charge is -2.08. The number of oxazole rings is 1. The molecule has 4 nitrogen and oxygen atoms in total. The summed E-state index contributed by atoms with van der Waals surface area (Å²) in [5.41, 5.74) is -3.20. The molecule has 0 amide bonds. The first-order valence-electron chi connectivity index (χ1n) is 6.01. The van der Waals surface area contributed by atoms with Crippen molar-refractivity contribution in [2.24, 2.45) is 0 Å². The fourth-order valence-electron chi connectivity index (χ4n) is 1.90. The van der Waals surface area contributed by atoms with E-state index in [2.05, 4.69) is 15.0 Å². The van der Waals surface area contributed by atoms with Crippen molar-refractivity contribution in [2.75, 3.05) is 0 Å². The highest BCUT2D eigenvalue weighted by Crippen LogP contribution is 2.37. The first-order valence-corrected chi connectivity index (χ1v) is 6.01. The zero-order chi connectivity index (χ0) is 16.8. The molecule has 10 heteroatoms. The van der Waals surface area contributed by atoms with Crippen LogP contribution in [-0.4, -0.2) is 15.0 Å². The van der Waals surface area contributed by atoms with Gasteiger partial charge in [-0.2, -0.15) is 26.3 Å². The third-order valence-electron chi connectivity index (χ3n) is 2.93. The van der Waals surface area contributed by atoms with Crippen LogP contribution in [0.5, 0.6) is 0 Å². The van der Waals surface area contributed by atoms with Crippen LogP contribution in [0.4, 0.5) is 26.3 Å². The van der Waals surface area contributed by atoms with E-state index in [1.807, 2.05) is 0 Å². The van der Waals surface area contributed by atoms with E-state index < -0.39 is 34.9 Å². The Hall–Kier alpha value is -2.65. The van der Waals surface area contributed by atoms with E-state index in [4.69, 9.17) is 4.42 Å². The third kappa shape index (κ3) is 2.83. The summed E-state index contributed by atoms with van der Waals surface area (Å²) >= 11 is 0. The first-order chi connectivity index (χ1) is 10.7. The van der Waals surface area contributed by atoms with E-state index >= 15 is 0 Å². The minimum Gasteiger partial charge on any atom is -0.418 e. The zero-order valence-corrected chi connectivity index (χ0v) is 10.9. The van der Waals surface area contributed by atoms with Gasteiger partial charge in [0.2, 0.25) is 11.6 Å². The molecule has 0 aliphatic rings. The van der Waals surface area contributed by atoms with Gasteiger partial charge >= 0.3 is 12.4 Å². The molecule has 0 atom stereocenters. The topological polar surface area (TPSA) is 51.8 Å². The number of hydrogen-bond acceptors (Lipinski definition) is 4. The van der Waals surface area contributed by atoms with Gasteiger partial charge in [0, 0.05) is 18.6 Å². The highest BCUT2D eigenvalue weighted by atomic mass is 19.4. The van der Waals surface area contributed by atoms with Crippen LogP contribution in [0.3, 0.4) is 0 Å². The lowest BCUT2D eigenvalue weighted by atomic mass is 10.1. The van der Waals surface area contributed by atoms with Crippen molar-refractivity contribution in [2.45, 2.75) is 12.4 Å². The molecule has 0 saturated heterocycles. The number of alkyl halides is 6. The van der Waals surface area contributed by atoms with Crippen molar-refractivity contribution in [3.8, 4) is 11.5 Å². The Labute approximate surface area is 123 Å². The number of hydrogen-bond donors (Lipinski definition) is 0. The van der Waals surface area contributed by atoms with E-state index in [1.54, 1.807) is 0 Å². The van der Waals surface area contributed by atoms with Gasteiger partial charge in [0.05, 0.1) is 16.7 Å². The smallest absolute Gasteiger partial charge is 0.418 e. The van der Waals surface area contributed by atoms with E-state index in [9.17, 15) is 26.3 Å². The Balaban J connectivity index is 2.16. The molecule has 3 heterocycles. The molecule has 0 unspecified atom stereocenters. The van der Waals surface area contributed by atoms with Crippen LogP contribution in [0.2, 0.25) is 0 Å². The van der Waals surface area contributed by atoms with Crippen LogP contribution in [0.1, 0.15) is 11.1 Å². The number of halogens is 6. The minimum atomic E-state index is -4.71. The molecule has 120 valence electrons. The van der Waals surface area contributed by atoms with E-state index in [0.29, 0.717) is 18.5 Å². The van der Waals surface area contributed by atoms with Gasteiger partial charge < -0.3 is 4.42 Å². The molecule has 3 aromatic heterocycles. The molecule has 0 fully saturated rings. The maximum absolute atomic E-state index is 12.9. The second kappa shape index (κ2) is 4.93. The lowest BCUT2D eigenvalue weighted by Crippen LogP contribution is -2.07. The molecule has 23 heavy (non-hydrogen) atoms. The molecule has 0 aromatic carbocycles. The summed E-state index contributed by atoms with van der Waals surface area (Å²) < 4.78 is 81.7. The number of rotatable bonds is 1. The predicted molar refractivity (Wildman–Crippen MR) is 65.0 cm³/mol. The average molecular weight is 333 g/mol. The second-order valence-electron chi connectivity index (χ2n) is 4.48. The van der Waals surface area contributed by atoms with Crippen molar-refractivity contribution >= 4 is 11.2 Å². The lowest BCUT2D eigenvalue weighted by molar-refractivity contribution is -0.138. The summed E-state index contributed by atoms with van der Waals surface area (Å²) in [6, 6.07) is 1.67. The number of fused-ring (bicyclic) bond motifs is 1. The summed E-state index contributed by atoms with van der Waals surface area (Å²) in [7, 11) is 0. The van der Waals surface area contributed by atoms with Gasteiger partial charge in [-0.3, -0.25) is 4.98 Å². The van der Waals surface area contributed by atoms with Gasteiger partial charge in [0.1, 0.15) is 5.52 Å². The van der Waals surface area contributed by atoms with E-state index in [0.717, 1.165) is 12.3 Å². The highest BCUT2D eigenvalue weighted by molar-refractivity contribution is 5.74. The van der Waals surface area contributed by atoms with Crippen LogP contribution in [-0.2, 0) is 12.4 Å². The molecule has 0 spiro atoms. The fourth-order valence-corrected chi connectivity index (χ4v) is 1.90. The van der Waals surface area contributed by atoms with Crippen LogP contribution in [0.25, 0.3) is 22.7 Å². The quantitative estimate of drug-likeness (QED) is 0.622. The summed E-state index contributed by atoms with van der Waals surface area (Å²) in [6.07, 6.45) is -7.16. The molecule has 0 aliphatic carbocycles. The summed E-state index contributed by atoms with van der Waals surface area (Å²) in [4.78, 5) is 10.5. The molecule has 0 radical (unpaired) electrons. The molecule has 3 aromatic rings. The van der Waals surface area contributed by atoms with Gasteiger partial charge in [-0.25, -0.2) is 9.97 Å². The zero-order valence-electron chi connectivity index (χ0n) is 10.9. The van der Waals surface area contributed by atoms with Crippen molar-refractivity contribution in [1.82, 2.24) is 15.0 Å². The second-order valence-corrected chi connectivity index (χ2v) is 4.48. The van der Waals surface area contributed by atoms with Crippen LogP contribution < -0.4 is 0 Å². The van der Waals surface area contributed by atoms with E-state index in [-0.39, 0.29) is 11.2 Å². The fraction of sp³-hybridized carbons (Fsp3) is 0.154. The Morgan fingerprint density at radius 3 is 2.35 bits per heavy atom. The summed E-state index contributed by atoms with van der Waals surface area (Å²) in [6.45, 7) is 0. The molecule has 0 aliphatic heterocycles. The maximum Gasteiger partial charge on any atom is 0.418 e. The summed E-state index contributed by atoms with van der Waals surface area (Å²) in [5.74, 6) is -0.485. The molecule has 0 N–H and O–H groups in total. The van der Waals surface area contributed by atoms with Gasteiger partial charge in [-0.1, -0.05) is 0 Å². The summed E-state index contributed by atoms with van der Waals surface area (Å²) in [5, 5.41) is 0. The largest absolute Gasteiger partial charge is 0.418 e. The molecular formula is C13H5F6N3O. The highest BCUT2D eigenvalue weighted by Gasteiger charge is 2.36. The minimum absolute atomic E-state index is 0.292. The predicted octanol–water partition coefficient (Wildman–Crippen LogP) is 4.32. The van der Waals surface area contributed by atoms with Crippen LogP contribution >= 0.6 is 0 Å². The Kier molecular flexibility index (Phi) is 3.27. The van der Waals surface area contributed by atoms with Gasteiger partial charge in [-0.05, 0) is 12.1 Å². The maximum atomic E-state index is 12.9. The number of pyridine rings is 2. The Morgan fingerprint density at radius 2 is 1.70 bits per heavy atom. The van der Waals surface area contributed by atoms with Gasteiger partial charge in [0.25, 0.3) is 0 Å². The monoisotopic (exact) mass is 333 g/mol. The molecular weight excluding hydrogens is 328 g/mol. The van der Waals surface area contributed by atoms with Crippen molar-refractivity contribution in [1.29, 1.82) is 0 Å². The third-order valence-corrected chi connectivity index (χ3v) is 2.93. The molecule has 0 saturated carbocycles. The number of aromatic nitrogens is 3. The van der Waals surface area contributed by atoms with Gasteiger partial charge in [-0.15, -0.1) is 0 Å². The normalized spacial score (nSPS) is 12.8. The number of nitrogens with zero attached hydrogens (tertiary/aromatic N) is 3. The first kappa shape index (κ1) is 15.3. The molecule has 3 rings (SSSR count). The van der Waals surface area contributed by atoms with Crippen molar-refractivity contribution in [3.63, 3.8) is 0 Å². The standard InChI is InChI=1S/C13H5F6N3O/c14-12(15,16)6-3-9-11(21-4-6)23-10(22-9)7-1-2-20-5-8(7)13(17,18)19/h1-5H. The van der Waals surface area contributed by atoms with E-state index in [1.165, 1.54) is 0 Å². The Bertz CT molecular complexity index is 868. The van der Waals surface area contributed by atoms with Crippen LogP contribution in [0, 0.1) is 0 Å². The SMILES string of the molecule is FC(F)(F)c1cnc2oc(-c3ccncc3C(F)(F)F)nc2c1. The van der Waals surface area contributed by atoms with Crippen molar-refractivity contribution < 1.29 is 30.8 Å². The molecule has 0 bridgehead atoms. The van der Waals surface area contributed by atoms with Crippen LogP contribution in [0.15, 0.2) is 35.1 Å². The van der Waals surface area contributed by atoms with Crippen molar-refractivity contribution in [3.05, 3.63) is 41.9 Å². The average Bonchev–Trinajstić information content (AvgIpc) is 2.88. The van der Waals surface area contributed by atoms with Gasteiger partial charge in [0.15, 0.2) is 0 Å². The Morgan fingerprint density at radius 1 is 0.957 bits per heavy atom.